The molecule has 70 heavy (non-hydrogen) atoms. The van der Waals surface area contributed by atoms with E-state index in [4.69, 9.17) is 14.2 Å². The van der Waals surface area contributed by atoms with Crippen molar-refractivity contribution in [2.45, 2.75) is 284 Å². The molecule has 5 nitrogen and oxygen atoms in total. The zero-order valence-corrected chi connectivity index (χ0v) is 46.3. The van der Waals surface area contributed by atoms with Gasteiger partial charge in [0.2, 0.25) is 0 Å². The van der Waals surface area contributed by atoms with E-state index in [1.54, 1.807) is 0 Å². The maximum Gasteiger partial charge on any atom is 0.306 e. The molecule has 1 unspecified atom stereocenters. The highest BCUT2D eigenvalue weighted by molar-refractivity contribution is 5.70. The van der Waals surface area contributed by atoms with Crippen molar-refractivity contribution < 1.29 is 23.8 Å². The molecule has 0 aliphatic rings. The minimum absolute atomic E-state index is 0.0618. The van der Waals surface area contributed by atoms with E-state index in [2.05, 4.69) is 118 Å². The zero-order chi connectivity index (χ0) is 50.6. The van der Waals surface area contributed by atoms with Crippen molar-refractivity contribution in [3.63, 3.8) is 0 Å². The summed E-state index contributed by atoms with van der Waals surface area (Å²) < 4.78 is 17.5. The van der Waals surface area contributed by atoms with Crippen LogP contribution in [-0.2, 0) is 23.8 Å². The third-order valence-electron chi connectivity index (χ3n) is 12.6. The monoisotopic (exact) mass is 973 g/mol. The molecule has 5 heteroatoms. The molecule has 0 aromatic heterocycles. The average Bonchev–Trinajstić information content (AvgIpc) is 3.36. The number of rotatable bonds is 54. The molecular weight excluding hydrogens is 861 g/mol. The fourth-order valence-corrected chi connectivity index (χ4v) is 8.26. The van der Waals surface area contributed by atoms with Crippen LogP contribution in [0.3, 0.4) is 0 Å². The maximum atomic E-state index is 12.9. The summed E-state index contributed by atoms with van der Waals surface area (Å²) in [6.45, 7) is 7.59. The number of esters is 2. The lowest BCUT2D eigenvalue weighted by Crippen LogP contribution is -2.30. The summed E-state index contributed by atoms with van der Waals surface area (Å²) in [7, 11) is 0. The molecule has 0 N–H and O–H groups in total. The first-order valence-corrected chi connectivity index (χ1v) is 29.8. The first-order valence-electron chi connectivity index (χ1n) is 29.8. The molecule has 0 saturated heterocycles. The largest absolute Gasteiger partial charge is 0.462 e. The van der Waals surface area contributed by atoms with Crippen LogP contribution in [-0.4, -0.2) is 37.9 Å². The summed E-state index contributed by atoms with van der Waals surface area (Å²) in [4.78, 5) is 25.6. The highest BCUT2D eigenvalue weighted by Gasteiger charge is 2.17. The highest BCUT2D eigenvalue weighted by atomic mass is 16.6. The Morgan fingerprint density at radius 2 is 0.643 bits per heavy atom. The number of allylic oxidation sites excluding steroid dienone is 16. The fourth-order valence-electron chi connectivity index (χ4n) is 8.26. The topological polar surface area (TPSA) is 61.8 Å². The highest BCUT2D eigenvalue weighted by Crippen LogP contribution is 2.16. The SMILES string of the molecule is CC/C=C\C/C=C\C/C=C\C/C=C\C/C=C\CCCCCC(=O)OCC(COCCCCCCCCCCCCCCCCCCCC)OC(=O)CCCCCCCCC/C=C\C/C=C\C/C=C\CC. The van der Waals surface area contributed by atoms with Crippen LogP contribution in [0.1, 0.15) is 278 Å². The van der Waals surface area contributed by atoms with Crippen molar-refractivity contribution in [1.29, 1.82) is 0 Å². The Balaban J connectivity index is 4.35. The summed E-state index contributed by atoms with van der Waals surface area (Å²) >= 11 is 0. The summed E-state index contributed by atoms with van der Waals surface area (Å²) in [5, 5.41) is 0. The molecule has 0 amide bonds. The van der Waals surface area contributed by atoms with Gasteiger partial charge in [0.1, 0.15) is 6.61 Å². The van der Waals surface area contributed by atoms with E-state index in [1.807, 2.05) is 0 Å². The van der Waals surface area contributed by atoms with Crippen LogP contribution in [0.5, 0.6) is 0 Å². The Morgan fingerprint density at radius 1 is 0.329 bits per heavy atom. The van der Waals surface area contributed by atoms with Gasteiger partial charge in [-0.2, -0.15) is 0 Å². The van der Waals surface area contributed by atoms with Gasteiger partial charge in [0.05, 0.1) is 6.61 Å². The van der Waals surface area contributed by atoms with Crippen molar-refractivity contribution in [3.8, 4) is 0 Å². The zero-order valence-electron chi connectivity index (χ0n) is 46.3. The standard InChI is InChI=1S/C65H112O5/c1-4-7-10-13-16-19-22-25-28-31-33-35-37-40-43-46-49-52-55-58-64(66)69-62-63(61-68-60-57-54-51-48-45-42-39-36-32-29-26-23-20-17-14-11-8-5-2)70-65(67)59-56-53-50-47-44-41-38-34-30-27-24-21-18-15-12-9-6-3/h7,9-10,12,16,18-19,21,25,27-28,30,33,35,40,43,63H,4-6,8,11,13-15,17,20,22-24,26,29,31-32,34,36-39,41-42,44-62H2,1-3H3/b10-7-,12-9-,19-16-,21-18-,28-25-,30-27-,35-33-,43-40-. The average molecular weight is 974 g/mol. The molecule has 0 radical (unpaired) electrons. The van der Waals surface area contributed by atoms with Crippen LogP contribution < -0.4 is 0 Å². The number of carbonyl (C=O) groups is 2. The van der Waals surface area contributed by atoms with E-state index in [9.17, 15) is 9.59 Å². The Hall–Kier alpha value is -3.18. The summed E-state index contributed by atoms with van der Waals surface area (Å²) in [5.41, 5.74) is 0. The molecule has 0 aliphatic heterocycles. The van der Waals surface area contributed by atoms with Gasteiger partial charge in [0.15, 0.2) is 6.10 Å². The van der Waals surface area contributed by atoms with E-state index < -0.39 is 6.10 Å². The van der Waals surface area contributed by atoms with Gasteiger partial charge in [-0.25, -0.2) is 0 Å². The van der Waals surface area contributed by atoms with Gasteiger partial charge < -0.3 is 14.2 Å². The van der Waals surface area contributed by atoms with E-state index >= 15 is 0 Å². The Bertz CT molecular complexity index is 1330. The van der Waals surface area contributed by atoms with E-state index in [0.717, 1.165) is 116 Å². The Labute approximate surface area is 434 Å². The van der Waals surface area contributed by atoms with Gasteiger partial charge >= 0.3 is 11.9 Å². The van der Waals surface area contributed by atoms with Crippen molar-refractivity contribution in [1.82, 2.24) is 0 Å². The molecule has 0 bridgehead atoms. The molecule has 0 rings (SSSR count). The van der Waals surface area contributed by atoms with Gasteiger partial charge in [-0.3, -0.25) is 9.59 Å². The van der Waals surface area contributed by atoms with E-state index in [1.165, 1.54) is 128 Å². The first kappa shape index (κ1) is 66.8. The number of hydrogen-bond donors (Lipinski definition) is 0. The molecule has 0 heterocycles. The Kier molecular flexibility index (Phi) is 57.4. The molecule has 0 spiro atoms. The van der Waals surface area contributed by atoms with Gasteiger partial charge in [0.25, 0.3) is 0 Å². The summed E-state index contributed by atoms with van der Waals surface area (Å²) in [6, 6.07) is 0. The van der Waals surface area contributed by atoms with Crippen LogP contribution in [0.4, 0.5) is 0 Å². The second-order valence-electron chi connectivity index (χ2n) is 19.5. The van der Waals surface area contributed by atoms with E-state index in [-0.39, 0.29) is 25.2 Å². The summed E-state index contributed by atoms with van der Waals surface area (Å²) in [6.07, 6.45) is 81.5. The minimum Gasteiger partial charge on any atom is -0.462 e. The maximum absolute atomic E-state index is 12.9. The number of carbonyl (C=O) groups excluding carboxylic acids is 2. The molecule has 0 fully saturated rings. The van der Waals surface area contributed by atoms with Crippen molar-refractivity contribution in [3.05, 3.63) is 97.2 Å². The predicted molar refractivity (Wildman–Crippen MR) is 306 cm³/mol. The van der Waals surface area contributed by atoms with Crippen LogP contribution in [0.15, 0.2) is 97.2 Å². The number of unbranched alkanes of at least 4 members (excludes halogenated alkanes) is 27. The fraction of sp³-hybridized carbons (Fsp3) is 0.723. The lowest BCUT2D eigenvalue weighted by atomic mass is 10.0. The quantitative estimate of drug-likeness (QED) is 0.0345. The number of hydrogen-bond acceptors (Lipinski definition) is 5. The third kappa shape index (κ3) is 57.4. The van der Waals surface area contributed by atoms with Crippen molar-refractivity contribution >= 4 is 11.9 Å². The van der Waals surface area contributed by atoms with E-state index in [0.29, 0.717) is 19.4 Å². The second kappa shape index (κ2) is 60.1. The molecule has 402 valence electrons. The van der Waals surface area contributed by atoms with Crippen LogP contribution in [0.25, 0.3) is 0 Å². The first-order chi connectivity index (χ1) is 34.6. The third-order valence-corrected chi connectivity index (χ3v) is 12.6. The molecule has 0 aliphatic carbocycles. The minimum atomic E-state index is -0.560. The van der Waals surface area contributed by atoms with Gasteiger partial charge in [-0.05, 0) is 96.3 Å². The van der Waals surface area contributed by atoms with Crippen molar-refractivity contribution in [2.75, 3.05) is 19.8 Å². The normalized spacial score (nSPS) is 12.9. The molecule has 0 saturated carbocycles. The van der Waals surface area contributed by atoms with Gasteiger partial charge in [-0.15, -0.1) is 0 Å². The van der Waals surface area contributed by atoms with Crippen LogP contribution in [0.2, 0.25) is 0 Å². The molecule has 0 aromatic carbocycles. The Morgan fingerprint density at radius 3 is 1.04 bits per heavy atom. The van der Waals surface area contributed by atoms with Crippen LogP contribution >= 0.6 is 0 Å². The number of ether oxygens (including phenoxy) is 3. The second-order valence-corrected chi connectivity index (χ2v) is 19.5. The molecular formula is C65H112O5. The molecule has 0 aromatic rings. The van der Waals surface area contributed by atoms with Crippen molar-refractivity contribution in [2.24, 2.45) is 0 Å². The lowest BCUT2D eigenvalue weighted by Gasteiger charge is -2.18. The summed E-state index contributed by atoms with van der Waals surface area (Å²) in [5.74, 6) is -0.439. The lowest BCUT2D eigenvalue weighted by molar-refractivity contribution is -0.163. The van der Waals surface area contributed by atoms with Gasteiger partial charge in [-0.1, -0.05) is 266 Å². The predicted octanol–water partition coefficient (Wildman–Crippen LogP) is 20.6. The van der Waals surface area contributed by atoms with Gasteiger partial charge in [0, 0.05) is 19.4 Å². The molecule has 1 atom stereocenters. The smallest absolute Gasteiger partial charge is 0.306 e. The van der Waals surface area contributed by atoms with Crippen LogP contribution in [0, 0.1) is 0 Å².